The van der Waals surface area contributed by atoms with Crippen molar-refractivity contribution in [3.63, 3.8) is 0 Å². The molecule has 4 N–H and O–H groups in total. The van der Waals surface area contributed by atoms with Crippen LogP contribution in [0.2, 0.25) is 20.1 Å². The Labute approximate surface area is 371 Å². The lowest BCUT2D eigenvalue weighted by Crippen LogP contribution is -2.31. The van der Waals surface area contributed by atoms with Crippen LogP contribution in [0, 0.1) is 0 Å². The van der Waals surface area contributed by atoms with E-state index in [9.17, 15) is 35.5 Å². The molecule has 0 fully saturated rings. The van der Waals surface area contributed by atoms with Crippen molar-refractivity contribution in [2.45, 2.75) is 34.1 Å². The first kappa shape index (κ1) is 42.8. The summed E-state index contributed by atoms with van der Waals surface area (Å²) in [5.41, 5.74) is 4.74. The second-order valence-corrected chi connectivity index (χ2v) is 21.1. The maximum atomic E-state index is 13.5. The van der Waals surface area contributed by atoms with Crippen molar-refractivity contribution >= 4 is 101 Å². The molecule has 60 heavy (non-hydrogen) atoms. The van der Waals surface area contributed by atoms with E-state index in [1.54, 1.807) is 36.4 Å². The summed E-state index contributed by atoms with van der Waals surface area (Å²) in [5, 5.41) is 16.4. The van der Waals surface area contributed by atoms with Crippen molar-refractivity contribution in [2.75, 3.05) is 33.2 Å². The second-order valence-electron chi connectivity index (χ2n) is 14.0. The number of amides is 2. The number of nitrogens with zero attached hydrogens (tertiary/aromatic N) is 5. The van der Waals surface area contributed by atoms with Gasteiger partial charge in [0.05, 0.1) is 42.6 Å². The van der Waals surface area contributed by atoms with Crippen molar-refractivity contribution in [2.24, 2.45) is 0 Å². The van der Waals surface area contributed by atoms with Gasteiger partial charge in [-0.2, -0.15) is 27.0 Å². The molecule has 2 aromatic carbocycles. The molecule has 23 heteroatoms. The highest BCUT2D eigenvalue weighted by atomic mass is 35.5. The number of benzene rings is 2. The zero-order valence-corrected chi connectivity index (χ0v) is 37.3. The minimum atomic E-state index is -4.44. The summed E-state index contributed by atoms with van der Waals surface area (Å²) >= 11 is 27.1. The minimum absolute atomic E-state index is 0.169. The summed E-state index contributed by atoms with van der Waals surface area (Å²) in [6.07, 6.45) is 1.67. The predicted molar refractivity (Wildman–Crippen MR) is 230 cm³/mol. The van der Waals surface area contributed by atoms with Crippen LogP contribution in [0.4, 0.5) is 0 Å². The van der Waals surface area contributed by atoms with Crippen molar-refractivity contribution < 1.29 is 35.5 Å². The topological polar surface area (TPSA) is 206 Å². The van der Waals surface area contributed by atoms with Crippen LogP contribution >= 0.6 is 69.1 Å². The van der Waals surface area contributed by atoms with E-state index >= 15 is 0 Å². The van der Waals surface area contributed by atoms with Crippen LogP contribution < -0.4 is 10.6 Å². The van der Waals surface area contributed by atoms with Gasteiger partial charge >= 0.3 is 20.2 Å². The van der Waals surface area contributed by atoms with Gasteiger partial charge in [-0.05, 0) is 92.6 Å². The lowest BCUT2D eigenvalue weighted by Gasteiger charge is -2.16. The quantitative estimate of drug-likeness (QED) is 0.0629. The molecular formula is C37H31Cl4N7O8S4. The van der Waals surface area contributed by atoms with Gasteiger partial charge < -0.3 is 15.5 Å². The molecule has 0 radical (unpaired) electrons. The molecule has 0 saturated heterocycles. The predicted octanol–water partition coefficient (Wildman–Crippen LogP) is 7.30. The molecule has 0 aliphatic heterocycles. The van der Waals surface area contributed by atoms with Crippen LogP contribution in [-0.4, -0.2) is 95.4 Å². The number of aromatic nitrogens is 4. The summed E-state index contributed by atoms with van der Waals surface area (Å²) < 4.78 is 69.5. The number of rotatable bonds is 14. The summed E-state index contributed by atoms with van der Waals surface area (Å²) in [5.74, 6) is -0.821. The Morgan fingerprint density at radius 2 is 1.10 bits per heavy atom. The molecule has 0 saturated carbocycles. The number of hydrogen-bond donors (Lipinski definition) is 4. The average molecular weight is 972 g/mol. The Hall–Kier alpha value is -3.86. The molecule has 314 valence electrons. The van der Waals surface area contributed by atoms with Crippen LogP contribution in [0.15, 0.2) is 56.9 Å². The standard InChI is InChI=1S/C37H31Cl4N7O8S4/c1-46(10-2-8-42-36(49)30-22-12-18-14-28(59(51,52)53)57-34(18)32(22)47(44-30)26-6-4-20(38)16-24(26)40)11-3-9-43-37(50)31-23-13-19-15-29(60(54,55)56)58-35(19)33(23)48(45-31)27-7-5-21(39)17-25(27)41/h4-7,14-17H,2-3,8-13H2,1H3,(H,42,49)(H,43,50)(H,51,52,53)(H,54,55,56). The van der Waals surface area contributed by atoms with E-state index in [1.165, 1.54) is 21.5 Å². The Balaban J connectivity index is 0.875. The SMILES string of the molecule is CN(CCCNC(=O)c1nn(-c2ccc(Cl)cc2Cl)c2c1Cc1cc(S(=O)(=O)O)sc1-2)CCCNC(=O)c1nn(-c2ccc(Cl)cc2Cl)c2c1Cc1cc(S(=O)(=O)O)sc1-2. The molecular weight excluding hydrogens is 941 g/mol. The van der Waals surface area contributed by atoms with Crippen molar-refractivity contribution in [3.05, 3.63) is 102 Å². The lowest BCUT2D eigenvalue weighted by atomic mass is 10.1. The third-order valence-electron chi connectivity index (χ3n) is 9.92. The summed E-state index contributed by atoms with van der Waals surface area (Å²) in [6.45, 7) is 1.93. The van der Waals surface area contributed by atoms with Gasteiger partial charge in [-0.25, -0.2) is 9.36 Å². The monoisotopic (exact) mass is 969 g/mol. The molecule has 4 heterocycles. The largest absolute Gasteiger partial charge is 0.351 e. The van der Waals surface area contributed by atoms with E-state index in [0.717, 1.165) is 22.7 Å². The summed E-state index contributed by atoms with van der Waals surface area (Å²) in [7, 11) is -6.95. The van der Waals surface area contributed by atoms with Gasteiger partial charge in [0, 0.05) is 47.1 Å². The number of halogens is 4. The molecule has 15 nitrogen and oxygen atoms in total. The highest BCUT2D eigenvalue weighted by Gasteiger charge is 2.36. The third-order valence-corrected chi connectivity index (χ3v) is 16.0. The molecule has 8 rings (SSSR count). The van der Waals surface area contributed by atoms with Crippen LogP contribution in [0.5, 0.6) is 0 Å². The first-order valence-corrected chi connectivity index (χ1v) is 24.0. The molecule has 0 spiro atoms. The zero-order chi connectivity index (χ0) is 42.8. The molecule has 0 bridgehead atoms. The van der Waals surface area contributed by atoms with Crippen LogP contribution in [0.3, 0.4) is 0 Å². The fraction of sp³-hybridized carbons (Fsp3) is 0.243. The first-order valence-electron chi connectivity index (χ1n) is 18.0. The number of fused-ring (bicyclic) bond motifs is 6. The summed E-state index contributed by atoms with van der Waals surface area (Å²) in [4.78, 5) is 30.2. The highest BCUT2D eigenvalue weighted by molar-refractivity contribution is 7.88. The third kappa shape index (κ3) is 8.25. The van der Waals surface area contributed by atoms with Crippen molar-refractivity contribution in [3.8, 4) is 32.5 Å². The molecule has 2 aliphatic rings. The number of carbonyl (C=O) groups excluding carboxylic acids is 2. The van der Waals surface area contributed by atoms with Gasteiger partial charge in [-0.1, -0.05) is 46.4 Å². The molecule has 2 aliphatic carbocycles. The van der Waals surface area contributed by atoms with Gasteiger partial charge in [0.1, 0.15) is 8.42 Å². The van der Waals surface area contributed by atoms with Gasteiger partial charge in [-0.3, -0.25) is 18.7 Å². The average Bonchev–Trinajstić information content (AvgIpc) is 4.00. The molecule has 6 aromatic rings. The molecule has 4 aromatic heterocycles. The van der Waals surface area contributed by atoms with E-state index in [0.29, 0.717) is 104 Å². The Bertz CT molecular complexity index is 2780. The number of carbonyl (C=O) groups is 2. The van der Waals surface area contributed by atoms with Gasteiger partial charge in [-0.15, -0.1) is 22.7 Å². The fourth-order valence-electron chi connectivity index (χ4n) is 7.21. The van der Waals surface area contributed by atoms with Crippen molar-refractivity contribution in [1.29, 1.82) is 0 Å². The first-order chi connectivity index (χ1) is 28.4. The van der Waals surface area contributed by atoms with E-state index < -0.39 is 32.1 Å². The number of hydrogen-bond acceptors (Lipinski definition) is 11. The van der Waals surface area contributed by atoms with E-state index in [-0.39, 0.29) is 42.7 Å². The Morgan fingerprint density at radius 1 is 0.700 bits per heavy atom. The maximum absolute atomic E-state index is 13.5. The second kappa shape index (κ2) is 16.4. The maximum Gasteiger partial charge on any atom is 0.304 e. The molecule has 2 amide bonds. The normalized spacial score (nSPS) is 13.1. The zero-order valence-electron chi connectivity index (χ0n) is 31.0. The number of nitrogens with one attached hydrogen (secondary N) is 2. The van der Waals surface area contributed by atoms with Crippen LogP contribution in [-0.2, 0) is 33.1 Å². The molecule has 0 unspecified atom stereocenters. The van der Waals surface area contributed by atoms with Crippen molar-refractivity contribution in [1.82, 2.24) is 35.1 Å². The molecule has 0 atom stereocenters. The van der Waals surface area contributed by atoms with Crippen LogP contribution in [0.25, 0.3) is 32.5 Å². The Morgan fingerprint density at radius 3 is 1.47 bits per heavy atom. The smallest absolute Gasteiger partial charge is 0.304 e. The summed E-state index contributed by atoms with van der Waals surface area (Å²) in [6, 6.07) is 12.4. The van der Waals surface area contributed by atoms with E-state index in [2.05, 4.69) is 25.7 Å². The fourth-order valence-corrected chi connectivity index (χ4v) is 12.1. The van der Waals surface area contributed by atoms with Crippen LogP contribution in [0.1, 0.15) is 56.1 Å². The Kier molecular flexibility index (Phi) is 11.7. The highest BCUT2D eigenvalue weighted by Crippen LogP contribution is 2.48. The number of thiophene rings is 2. The van der Waals surface area contributed by atoms with Gasteiger partial charge in [0.25, 0.3) is 11.8 Å². The van der Waals surface area contributed by atoms with Gasteiger partial charge in [0.2, 0.25) is 0 Å². The lowest BCUT2D eigenvalue weighted by molar-refractivity contribution is 0.0939. The minimum Gasteiger partial charge on any atom is -0.351 e. The van der Waals surface area contributed by atoms with E-state index in [1.807, 2.05) is 7.05 Å². The van der Waals surface area contributed by atoms with E-state index in [4.69, 9.17) is 46.4 Å². The van der Waals surface area contributed by atoms with Gasteiger partial charge in [0.15, 0.2) is 11.4 Å².